The maximum Gasteiger partial charge on any atom is 0.263 e. The molecule has 0 bridgehead atoms. The van der Waals surface area contributed by atoms with Gasteiger partial charge >= 0.3 is 0 Å². The number of para-hydroxylation sites is 1. The number of anilines is 1. The summed E-state index contributed by atoms with van der Waals surface area (Å²) >= 11 is 0. The van der Waals surface area contributed by atoms with Gasteiger partial charge in [-0.3, -0.25) is 9.59 Å². The van der Waals surface area contributed by atoms with E-state index in [-0.39, 0.29) is 12.2 Å². The SMILES string of the molecule is CN1C(=O)[C@@](O)(CC(=O)c2ccc(-c3ccccc3)cc2)c2ccccc21. The monoisotopic (exact) mass is 357 g/mol. The van der Waals surface area contributed by atoms with E-state index in [9.17, 15) is 14.7 Å². The van der Waals surface area contributed by atoms with Crippen LogP contribution in [0.2, 0.25) is 0 Å². The number of nitrogens with zero attached hydrogens (tertiary/aromatic N) is 1. The van der Waals surface area contributed by atoms with E-state index in [4.69, 9.17) is 0 Å². The van der Waals surface area contributed by atoms with Crippen molar-refractivity contribution in [3.8, 4) is 11.1 Å². The first-order valence-corrected chi connectivity index (χ1v) is 8.79. The zero-order valence-electron chi connectivity index (χ0n) is 14.9. The summed E-state index contributed by atoms with van der Waals surface area (Å²) in [6, 6.07) is 24.1. The number of aliphatic hydroxyl groups is 1. The van der Waals surface area contributed by atoms with Crippen molar-refractivity contribution in [1.29, 1.82) is 0 Å². The summed E-state index contributed by atoms with van der Waals surface area (Å²) in [4.78, 5) is 26.8. The Balaban J connectivity index is 1.60. The van der Waals surface area contributed by atoms with E-state index in [1.165, 1.54) is 4.90 Å². The number of carbonyl (C=O) groups excluding carboxylic acids is 2. The molecule has 0 aromatic heterocycles. The molecule has 0 saturated carbocycles. The normalized spacial score (nSPS) is 18.4. The maximum absolute atomic E-state index is 12.8. The molecule has 0 aliphatic carbocycles. The molecule has 27 heavy (non-hydrogen) atoms. The van der Waals surface area contributed by atoms with E-state index in [1.54, 1.807) is 43.4 Å². The number of hydrogen-bond donors (Lipinski definition) is 1. The Bertz CT molecular complexity index is 1010. The highest BCUT2D eigenvalue weighted by Crippen LogP contribution is 2.42. The molecule has 1 aliphatic rings. The van der Waals surface area contributed by atoms with E-state index >= 15 is 0 Å². The average Bonchev–Trinajstić information content (AvgIpc) is 2.90. The summed E-state index contributed by atoms with van der Waals surface area (Å²) in [5, 5.41) is 11.0. The Morgan fingerprint density at radius 1 is 0.889 bits per heavy atom. The summed E-state index contributed by atoms with van der Waals surface area (Å²) in [5.41, 5.74) is 1.84. The van der Waals surface area contributed by atoms with Crippen molar-refractivity contribution >= 4 is 17.4 Å². The number of rotatable bonds is 4. The smallest absolute Gasteiger partial charge is 0.263 e. The minimum atomic E-state index is -1.82. The fraction of sp³-hybridized carbons (Fsp3) is 0.130. The summed E-state index contributed by atoms with van der Waals surface area (Å²) in [7, 11) is 1.61. The molecular formula is C23H19NO3. The van der Waals surface area contributed by atoms with Crippen molar-refractivity contribution in [2.24, 2.45) is 0 Å². The molecule has 1 atom stereocenters. The maximum atomic E-state index is 12.8. The highest BCUT2D eigenvalue weighted by molar-refractivity contribution is 6.10. The van der Waals surface area contributed by atoms with Crippen molar-refractivity contribution in [3.63, 3.8) is 0 Å². The van der Waals surface area contributed by atoms with Crippen LogP contribution in [0.3, 0.4) is 0 Å². The van der Waals surface area contributed by atoms with Crippen LogP contribution in [0.15, 0.2) is 78.9 Å². The van der Waals surface area contributed by atoms with Gasteiger partial charge in [-0.1, -0.05) is 72.8 Å². The van der Waals surface area contributed by atoms with Crippen molar-refractivity contribution in [2.75, 3.05) is 11.9 Å². The Hall–Kier alpha value is -3.24. The minimum Gasteiger partial charge on any atom is -0.375 e. The predicted molar refractivity (Wildman–Crippen MR) is 105 cm³/mol. The van der Waals surface area contributed by atoms with Crippen LogP contribution in [-0.4, -0.2) is 23.8 Å². The van der Waals surface area contributed by atoms with Crippen molar-refractivity contribution in [1.82, 2.24) is 0 Å². The van der Waals surface area contributed by atoms with Gasteiger partial charge in [-0.25, -0.2) is 0 Å². The molecule has 1 N–H and O–H groups in total. The number of benzene rings is 3. The zero-order valence-corrected chi connectivity index (χ0v) is 14.9. The summed E-state index contributed by atoms with van der Waals surface area (Å²) in [6.45, 7) is 0. The third-order valence-corrected chi connectivity index (χ3v) is 5.10. The number of fused-ring (bicyclic) bond motifs is 1. The fourth-order valence-electron chi connectivity index (χ4n) is 3.60. The van der Waals surface area contributed by atoms with Crippen LogP contribution in [0.25, 0.3) is 11.1 Å². The molecule has 4 rings (SSSR count). The quantitative estimate of drug-likeness (QED) is 0.723. The second-order valence-corrected chi connectivity index (χ2v) is 6.78. The first-order chi connectivity index (χ1) is 13.0. The molecule has 0 unspecified atom stereocenters. The molecule has 0 radical (unpaired) electrons. The Morgan fingerprint density at radius 3 is 2.19 bits per heavy atom. The molecule has 0 saturated heterocycles. The molecule has 0 fully saturated rings. The molecule has 1 heterocycles. The largest absolute Gasteiger partial charge is 0.375 e. The second-order valence-electron chi connectivity index (χ2n) is 6.78. The molecule has 4 heteroatoms. The van der Waals surface area contributed by atoms with Gasteiger partial charge in [0.15, 0.2) is 11.4 Å². The Kier molecular flexibility index (Phi) is 4.13. The van der Waals surface area contributed by atoms with E-state index in [1.807, 2.05) is 42.5 Å². The summed E-state index contributed by atoms with van der Waals surface area (Å²) in [6.07, 6.45) is -0.280. The van der Waals surface area contributed by atoms with Gasteiger partial charge in [0.05, 0.1) is 12.1 Å². The molecule has 4 nitrogen and oxygen atoms in total. The first kappa shape index (κ1) is 17.2. The van der Waals surface area contributed by atoms with E-state index in [0.29, 0.717) is 16.8 Å². The van der Waals surface area contributed by atoms with Crippen molar-refractivity contribution < 1.29 is 14.7 Å². The number of ketones is 1. The Morgan fingerprint density at radius 2 is 1.48 bits per heavy atom. The van der Waals surface area contributed by atoms with Gasteiger partial charge in [-0.2, -0.15) is 0 Å². The number of Topliss-reactive ketones (excluding diaryl/α,β-unsaturated/α-hetero) is 1. The van der Waals surface area contributed by atoms with Crippen molar-refractivity contribution in [2.45, 2.75) is 12.0 Å². The molecule has 3 aromatic carbocycles. The van der Waals surface area contributed by atoms with Gasteiger partial charge in [0.25, 0.3) is 5.91 Å². The van der Waals surface area contributed by atoms with Crippen LogP contribution < -0.4 is 4.90 Å². The highest BCUT2D eigenvalue weighted by atomic mass is 16.3. The lowest BCUT2D eigenvalue weighted by Crippen LogP contribution is -2.40. The van der Waals surface area contributed by atoms with Crippen LogP contribution >= 0.6 is 0 Å². The number of amides is 1. The van der Waals surface area contributed by atoms with Gasteiger partial charge < -0.3 is 10.0 Å². The number of carbonyl (C=O) groups is 2. The van der Waals surface area contributed by atoms with Gasteiger partial charge in [-0.05, 0) is 17.2 Å². The lowest BCUT2D eigenvalue weighted by atomic mass is 9.88. The Labute approximate surface area is 157 Å². The molecule has 134 valence electrons. The van der Waals surface area contributed by atoms with Gasteiger partial charge in [0.1, 0.15) is 0 Å². The first-order valence-electron chi connectivity index (χ1n) is 8.79. The third kappa shape index (κ3) is 2.84. The van der Waals surface area contributed by atoms with Crippen LogP contribution in [0.1, 0.15) is 22.3 Å². The average molecular weight is 357 g/mol. The van der Waals surface area contributed by atoms with E-state index < -0.39 is 11.5 Å². The van der Waals surface area contributed by atoms with Crippen molar-refractivity contribution in [3.05, 3.63) is 90.0 Å². The van der Waals surface area contributed by atoms with Gasteiger partial charge in [0, 0.05) is 18.2 Å². The van der Waals surface area contributed by atoms with E-state index in [2.05, 4.69) is 0 Å². The number of likely N-dealkylation sites (N-methyl/N-ethyl adjacent to an activating group) is 1. The standard InChI is InChI=1S/C23H19NO3/c1-24-20-10-6-5-9-19(20)23(27,22(24)26)15-21(25)18-13-11-17(12-14-18)16-7-3-2-4-8-16/h2-14,27H,15H2,1H3/t23-/m1/s1. The van der Waals surface area contributed by atoms with Gasteiger partial charge in [0.2, 0.25) is 0 Å². The van der Waals surface area contributed by atoms with Crippen LogP contribution in [-0.2, 0) is 10.4 Å². The summed E-state index contributed by atoms with van der Waals surface area (Å²) in [5.74, 6) is -0.742. The lowest BCUT2D eigenvalue weighted by Gasteiger charge is -2.21. The topological polar surface area (TPSA) is 57.6 Å². The zero-order chi connectivity index (χ0) is 19.0. The fourth-order valence-corrected chi connectivity index (χ4v) is 3.60. The van der Waals surface area contributed by atoms with Crippen LogP contribution in [0.5, 0.6) is 0 Å². The molecular weight excluding hydrogens is 338 g/mol. The number of hydrogen-bond acceptors (Lipinski definition) is 3. The molecule has 3 aromatic rings. The second kappa shape index (κ2) is 6.49. The van der Waals surface area contributed by atoms with Crippen LogP contribution in [0.4, 0.5) is 5.69 Å². The third-order valence-electron chi connectivity index (χ3n) is 5.10. The minimum absolute atomic E-state index is 0.268. The van der Waals surface area contributed by atoms with Crippen LogP contribution in [0, 0.1) is 0 Å². The molecule has 1 aliphatic heterocycles. The molecule has 1 amide bonds. The van der Waals surface area contributed by atoms with Gasteiger partial charge in [-0.15, -0.1) is 0 Å². The molecule has 0 spiro atoms. The van der Waals surface area contributed by atoms with E-state index in [0.717, 1.165) is 11.1 Å². The highest BCUT2D eigenvalue weighted by Gasteiger charge is 2.49. The predicted octanol–water partition coefficient (Wildman–Crippen LogP) is 3.79. The lowest BCUT2D eigenvalue weighted by molar-refractivity contribution is -0.135. The summed E-state index contributed by atoms with van der Waals surface area (Å²) < 4.78 is 0.